The Morgan fingerprint density at radius 3 is 1.33 bits per heavy atom. The second-order valence-corrected chi connectivity index (χ2v) is 8.56. The van der Waals surface area contributed by atoms with E-state index < -0.39 is 26.3 Å². The Labute approximate surface area is 127 Å². The van der Waals surface area contributed by atoms with E-state index in [9.17, 15) is 13.2 Å². The average Bonchev–Trinajstić information content (AvgIpc) is 2.38. The van der Waals surface area contributed by atoms with Crippen molar-refractivity contribution in [1.29, 1.82) is 0 Å². The Morgan fingerprint density at radius 1 is 0.714 bits per heavy atom. The molecule has 0 saturated heterocycles. The fourth-order valence-corrected chi connectivity index (χ4v) is 4.96. The van der Waals surface area contributed by atoms with Crippen LogP contribution in [0.15, 0.2) is 0 Å². The van der Waals surface area contributed by atoms with Crippen LogP contribution in [-0.4, -0.2) is 26.3 Å². The molecule has 2 fully saturated rings. The molecule has 2 nitrogen and oxygen atoms in total. The second-order valence-electron chi connectivity index (χ2n) is 7.01. The SMILES string of the molecule is CC1(O[Si](OC2(C)CCCCC2)C(F)(F)F)CCCCC1. The lowest BCUT2D eigenvalue weighted by Gasteiger charge is -2.41. The van der Waals surface area contributed by atoms with Crippen LogP contribution in [0.25, 0.3) is 0 Å². The molecule has 2 rings (SSSR count). The Hall–Kier alpha value is -0.0731. The molecule has 0 aromatic rings. The predicted octanol–water partition coefficient (Wildman–Crippen LogP) is 5.05. The smallest absolute Gasteiger partial charge is 0.382 e. The summed E-state index contributed by atoms with van der Waals surface area (Å²) >= 11 is 0. The summed E-state index contributed by atoms with van der Waals surface area (Å²) < 4.78 is 51.2. The first-order chi connectivity index (χ1) is 9.73. The van der Waals surface area contributed by atoms with E-state index in [0.29, 0.717) is 25.7 Å². The zero-order valence-electron chi connectivity index (χ0n) is 13.0. The van der Waals surface area contributed by atoms with Gasteiger partial charge in [0.25, 0.3) is 0 Å². The van der Waals surface area contributed by atoms with Crippen LogP contribution in [0.3, 0.4) is 0 Å². The minimum atomic E-state index is -4.37. The van der Waals surface area contributed by atoms with Gasteiger partial charge in [0, 0.05) is 0 Å². The Bertz CT molecular complexity index is 308. The van der Waals surface area contributed by atoms with E-state index in [2.05, 4.69) is 0 Å². The highest BCUT2D eigenvalue weighted by Gasteiger charge is 2.54. The molecule has 0 aromatic heterocycles. The largest absolute Gasteiger partial charge is 0.512 e. The molecule has 0 atom stereocenters. The zero-order valence-corrected chi connectivity index (χ0v) is 14.0. The molecule has 2 aliphatic rings. The average molecular weight is 323 g/mol. The lowest BCUT2D eigenvalue weighted by molar-refractivity contribution is -0.128. The van der Waals surface area contributed by atoms with E-state index in [4.69, 9.17) is 8.85 Å². The fraction of sp³-hybridized carbons (Fsp3) is 1.00. The molecule has 6 heteroatoms. The molecule has 2 saturated carbocycles. The van der Waals surface area contributed by atoms with E-state index in [1.54, 1.807) is 0 Å². The van der Waals surface area contributed by atoms with E-state index in [1.807, 2.05) is 13.8 Å². The molecule has 2 aliphatic carbocycles. The minimum absolute atomic E-state index is 0.660. The van der Waals surface area contributed by atoms with Gasteiger partial charge in [-0.05, 0) is 39.5 Å². The molecule has 0 bridgehead atoms. The number of hydrogen-bond acceptors (Lipinski definition) is 2. The quantitative estimate of drug-likeness (QED) is 0.674. The van der Waals surface area contributed by atoms with E-state index >= 15 is 0 Å². The molecule has 21 heavy (non-hydrogen) atoms. The molecular formula is C15H26F3O2Si. The fourth-order valence-electron chi connectivity index (χ4n) is 3.39. The number of rotatable bonds is 4. The van der Waals surface area contributed by atoms with Gasteiger partial charge < -0.3 is 8.85 Å². The molecule has 0 N–H and O–H groups in total. The van der Waals surface area contributed by atoms with Crippen molar-refractivity contribution in [3.8, 4) is 0 Å². The van der Waals surface area contributed by atoms with Gasteiger partial charge >= 0.3 is 15.1 Å². The van der Waals surface area contributed by atoms with Gasteiger partial charge in [0.2, 0.25) is 0 Å². The number of halogens is 3. The highest BCUT2D eigenvalue weighted by Crippen LogP contribution is 2.38. The third-order valence-electron chi connectivity index (χ3n) is 4.73. The van der Waals surface area contributed by atoms with Crippen molar-refractivity contribution < 1.29 is 22.0 Å². The summed E-state index contributed by atoms with van der Waals surface area (Å²) in [6.07, 6.45) is 8.78. The van der Waals surface area contributed by atoms with Gasteiger partial charge in [0.1, 0.15) is 0 Å². The maximum absolute atomic E-state index is 13.4. The molecule has 0 amide bonds. The van der Waals surface area contributed by atoms with Gasteiger partial charge in [-0.3, -0.25) is 0 Å². The molecular weight excluding hydrogens is 297 g/mol. The van der Waals surface area contributed by atoms with Crippen molar-refractivity contribution in [3.05, 3.63) is 0 Å². The van der Waals surface area contributed by atoms with E-state index in [-0.39, 0.29) is 0 Å². The van der Waals surface area contributed by atoms with Gasteiger partial charge in [0.05, 0.1) is 11.2 Å². The summed E-state index contributed by atoms with van der Waals surface area (Å²) in [7, 11) is -3.27. The zero-order chi connectivity index (χ0) is 15.6. The van der Waals surface area contributed by atoms with Crippen molar-refractivity contribution in [2.75, 3.05) is 0 Å². The van der Waals surface area contributed by atoms with Crippen molar-refractivity contribution in [2.45, 2.75) is 95.1 Å². The third-order valence-corrected chi connectivity index (χ3v) is 6.55. The Morgan fingerprint density at radius 2 is 1.05 bits per heavy atom. The normalized spacial score (nSPS) is 26.0. The number of alkyl halides is 3. The molecule has 0 aromatic carbocycles. The molecule has 123 valence electrons. The highest BCUT2D eigenvalue weighted by atomic mass is 28.3. The summed E-state index contributed by atoms with van der Waals surface area (Å²) in [5, 5.41) is 0. The first-order valence-electron chi connectivity index (χ1n) is 8.05. The van der Waals surface area contributed by atoms with Crippen molar-refractivity contribution >= 4 is 9.28 Å². The van der Waals surface area contributed by atoms with Crippen molar-refractivity contribution in [2.24, 2.45) is 0 Å². The van der Waals surface area contributed by atoms with Gasteiger partial charge in [-0.25, -0.2) is 0 Å². The van der Waals surface area contributed by atoms with Crippen LogP contribution in [0, 0.1) is 0 Å². The van der Waals surface area contributed by atoms with Crippen LogP contribution in [0.4, 0.5) is 13.2 Å². The number of hydrogen-bond donors (Lipinski definition) is 0. The predicted molar refractivity (Wildman–Crippen MR) is 77.0 cm³/mol. The third kappa shape index (κ3) is 4.96. The summed E-state index contributed by atoms with van der Waals surface area (Å²) in [6, 6.07) is 0. The van der Waals surface area contributed by atoms with Gasteiger partial charge in [0.15, 0.2) is 0 Å². The minimum Gasteiger partial charge on any atom is -0.382 e. The van der Waals surface area contributed by atoms with Gasteiger partial charge in [-0.15, -0.1) is 0 Å². The van der Waals surface area contributed by atoms with Crippen LogP contribution >= 0.6 is 0 Å². The molecule has 1 radical (unpaired) electrons. The summed E-state index contributed by atoms with van der Waals surface area (Å²) in [5.41, 5.74) is -1.32. The molecule has 0 spiro atoms. The summed E-state index contributed by atoms with van der Waals surface area (Å²) in [6.45, 7) is 3.63. The molecule has 0 unspecified atom stereocenters. The maximum atomic E-state index is 13.4. The van der Waals surface area contributed by atoms with Crippen molar-refractivity contribution in [3.63, 3.8) is 0 Å². The van der Waals surface area contributed by atoms with E-state index in [1.165, 1.54) is 0 Å². The lowest BCUT2D eigenvalue weighted by atomic mass is 9.87. The lowest BCUT2D eigenvalue weighted by Crippen LogP contribution is -2.52. The van der Waals surface area contributed by atoms with Gasteiger partial charge in [-0.2, -0.15) is 13.2 Å². The maximum Gasteiger partial charge on any atom is 0.512 e. The van der Waals surface area contributed by atoms with Crippen LogP contribution in [0.2, 0.25) is 0 Å². The van der Waals surface area contributed by atoms with Crippen LogP contribution in [0.5, 0.6) is 0 Å². The van der Waals surface area contributed by atoms with Gasteiger partial charge in [-0.1, -0.05) is 38.5 Å². The Kier molecular flexibility index (Phi) is 5.42. The van der Waals surface area contributed by atoms with Crippen molar-refractivity contribution in [1.82, 2.24) is 0 Å². The van der Waals surface area contributed by atoms with E-state index in [0.717, 1.165) is 38.5 Å². The topological polar surface area (TPSA) is 18.5 Å². The Balaban J connectivity index is 2.04. The molecule has 0 heterocycles. The highest BCUT2D eigenvalue weighted by molar-refractivity contribution is 6.47. The van der Waals surface area contributed by atoms with Crippen LogP contribution in [0.1, 0.15) is 78.1 Å². The first-order valence-corrected chi connectivity index (χ1v) is 9.36. The standard InChI is InChI=1S/C15H26F3O2Si/c1-13(9-5-3-6-10-13)19-21(15(16,17)18)20-14(2)11-7-4-8-12-14/h3-12H2,1-2H3. The summed E-state index contributed by atoms with van der Waals surface area (Å²) in [4.78, 5) is 0. The van der Waals surface area contributed by atoms with Crippen LogP contribution in [-0.2, 0) is 8.85 Å². The van der Waals surface area contributed by atoms with Crippen LogP contribution < -0.4 is 0 Å². The first kappa shape index (κ1) is 17.3. The monoisotopic (exact) mass is 323 g/mol. The second kappa shape index (κ2) is 6.58. The molecule has 0 aliphatic heterocycles. The summed E-state index contributed by atoms with van der Waals surface area (Å²) in [5.74, 6) is -4.37.